The van der Waals surface area contributed by atoms with E-state index in [1.54, 1.807) is 0 Å². The summed E-state index contributed by atoms with van der Waals surface area (Å²) in [5, 5.41) is 21.0. The summed E-state index contributed by atoms with van der Waals surface area (Å²) in [5.41, 5.74) is 0. The van der Waals surface area contributed by atoms with E-state index in [1.165, 1.54) is 0 Å². The minimum absolute atomic E-state index is 0.155. The van der Waals surface area contributed by atoms with E-state index in [0.29, 0.717) is 5.88 Å². The monoisotopic (exact) mass is 175 g/mol. The molecule has 0 aliphatic carbocycles. The van der Waals surface area contributed by atoms with Crippen molar-refractivity contribution < 1.29 is 19.8 Å². The van der Waals surface area contributed by atoms with E-state index in [-0.39, 0.29) is 5.25 Å². The van der Waals surface area contributed by atoms with Gasteiger partial charge >= 0.3 is 5.97 Å². The van der Waals surface area contributed by atoms with Crippen molar-refractivity contribution in [3.63, 3.8) is 0 Å². The molecule has 1 saturated heterocycles. The highest BCUT2D eigenvalue weighted by molar-refractivity contribution is 8.03. The normalized spacial score (nSPS) is 23.6. The second kappa shape index (κ2) is 3.02. The molecule has 1 heterocycles. The lowest BCUT2D eigenvalue weighted by Crippen LogP contribution is -2.41. The second-order valence-electron chi connectivity index (χ2n) is 1.92. The zero-order valence-corrected chi connectivity index (χ0v) is 6.18. The maximum absolute atomic E-state index is 10.3. The van der Waals surface area contributed by atoms with Crippen molar-refractivity contribution in [3.05, 3.63) is 5.25 Å². The molecule has 1 atom stereocenters. The minimum atomic E-state index is -1.41. The van der Waals surface area contributed by atoms with Crippen LogP contribution >= 0.6 is 11.8 Å². The van der Waals surface area contributed by atoms with E-state index < -0.39 is 18.0 Å². The molecule has 0 spiro atoms. The third kappa shape index (κ3) is 1.58. The number of hydrogen-bond acceptors (Lipinski definition) is 5. The van der Waals surface area contributed by atoms with Crippen LogP contribution in [-0.2, 0) is 9.59 Å². The fourth-order valence-electron chi connectivity index (χ4n) is 0.755. The molecule has 5 nitrogen and oxygen atoms in total. The van der Waals surface area contributed by atoms with Gasteiger partial charge in [0.25, 0.3) is 12.0 Å². The Hall–Kier alpha value is -0.880. The van der Waals surface area contributed by atoms with Gasteiger partial charge in [0.1, 0.15) is 0 Å². The largest absolute Gasteiger partial charge is 0.507 e. The molecule has 0 aromatic carbocycles. The molecule has 1 aliphatic heterocycles. The molecule has 0 radical (unpaired) electrons. The first-order valence-electron chi connectivity index (χ1n) is 2.80. The molecular weight excluding hydrogens is 170 g/mol. The fourth-order valence-corrected chi connectivity index (χ4v) is 1.63. The Bertz CT molecular complexity index is 175. The summed E-state index contributed by atoms with van der Waals surface area (Å²) >= 11 is 0.950. The van der Waals surface area contributed by atoms with E-state index in [4.69, 9.17) is 5.11 Å². The van der Waals surface area contributed by atoms with Gasteiger partial charge in [-0.25, -0.2) is 4.79 Å². The van der Waals surface area contributed by atoms with Crippen molar-refractivity contribution in [1.82, 2.24) is 5.32 Å². The van der Waals surface area contributed by atoms with Crippen LogP contribution in [0.4, 0.5) is 0 Å². The molecule has 1 aliphatic rings. The van der Waals surface area contributed by atoms with Gasteiger partial charge in [0.2, 0.25) is 5.25 Å². The molecular formula is C5H5NO4S. The van der Waals surface area contributed by atoms with E-state index >= 15 is 0 Å². The Balaban J connectivity index is 2.65. The SMILES string of the molecule is O=C([O-])[C+]1SCNC1C(=O)O. The molecule has 1 fully saturated rings. The Kier molecular flexibility index (Phi) is 2.25. The van der Waals surface area contributed by atoms with Crippen LogP contribution in [0.15, 0.2) is 0 Å². The van der Waals surface area contributed by atoms with Gasteiger partial charge in [0.05, 0.1) is 17.6 Å². The number of carbonyl (C=O) groups excluding carboxylic acids is 1. The van der Waals surface area contributed by atoms with Crippen LogP contribution < -0.4 is 10.4 Å². The van der Waals surface area contributed by atoms with Gasteiger partial charge in [-0.15, -0.1) is 0 Å². The molecule has 2 N–H and O–H groups in total. The highest BCUT2D eigenvalue weighted by Crippen LogP contribution is 2.27. The number of carboxylic acids is 2. The Morgan fingerprint density at radius 2 is 2.36 bits per heavy atom. The first kappa shape index (κ1) is 8.22. The summed E-state index contributed by atoms with van der Waals surface area (Å²) in [6, 6.07) is -1.09. The van der Waals surface area contributed by atoms with Gasteiger partial charge < -0.3 is 15.0 Å². The third-order valence-electron chi connectivity index (χ3n) is 1.23. The van der Waals surface area contributed by atoms with E-state index in [2.05, 4.69) is 5.32 Å². The zero-order valence-electron chi connectivity index (χ0n) is 5.36. The Morgan fingerprint density at radius 3 is 2.73 bits per heavy atom. The number of nitrogens with one attached hydrogen (secondary N) is 1. The summed E-state index contributed by atoms with van der Waals surface area (Å²) in [7, 11) is 0. The van der Waals surface area contributed by atoms with Gasteiger partial charge in [-0.1, -0.05) is 0 Å². The molecule has 0 amide bonds. The first-order chi connectivity index (χ1) is 5.13. The van der Waals surface area contributed by atoms with Crippen LogP contribution in [0.1, 0.15) is 0 Å². The van der Waals surface area contributed by atoms with Crippen LogP contribution in [0.3, 0.4) is 0 Å². The average molecular weight is 175 g/mol. The summed E-state index contributed by atoms with van der Waals surface area (Å²) < 4.78 is 0. The van der Waals surface area contributed by atoms with Crippen LogP contribution in [0.25, 0.3) is 0 Å². The minimum Gasteiger partial charge on any atom is -0.507 e. The van der Waals surface area contributed by atoms with Gasteiger partial charge in [-0.2, -0.15) is 0 Å². The molecule has 11 heavy (non-hydrogen) atoms. The molecule has 0 bridgehead atoms. The second-order valence-corrected chi connectivity index (χ2v) is 2.93. The summed E-state index contributed by atoms with van der Waals surface area (Å²) in [5.74, 6) is -2.29. The maximum atomic E-state index is 10.3. The quantitative estimate of drug-likeness (QED) is 0.472. The van der Waals surface area contributed by atoms with E-state index in [0.717, 1.165) is 11.8 Å². The van der Waals surface area contributed by atoms with Crippen LogP contribution in [0.2, 0.25) is 0 Å². The smallest absolute Gasteiger partial charge is 0.369 e. The van der Waals surface area contributed by atoms with E-state index in [1.807, 2.05) is 0 Å². The van der Waals surface area contributed by atoms with Crippen LogP contribution in [0, 0.1) is 5.25 Å². The topological polar surface area (TPSA) is 89.5 Å². The number of thioether (sulfide) groups is 1. The average Bonchev–Trinajstić information content (AvgIpc) is 2.32. The number of hydrogen-bond donors (Lipinski definition) is 2. The fraction of sp³-hybridized carbons (Fsp3) is 0.400. The van der Waals surface area contributed by atoms with Crippen molar-refractivity contribution in [1.29, 1.82) is 0 Å². The maximum Gasteiger partial charge on any atom is 0.369 e. The predicted molar refractivity (Wildman–Crippen MR) is 35.3 cm³/mol. The predicted octanol–water partition coefficient (Wildman–Crippen LogP) is -1.98. The third-order valence-corrected chi connectivity index (χ3v) is 2.25. The highest BCUT2D eigenvalue weighted by Gasteiger charge is 2.47. The molecule has 1 unspecified atom stereocenters. The number of carbonyl (C=O) groups is 2. The number of carboxylic acid groups (broad SMARTS) is 2. The summed E-state index contributed by atoms with van der Waals surface area (Å²) in [6.45, 7) is 0. The standard InChI is InChI=1S/C5H5NO4S/c7-4(8)2-3(5(9)10)11-1-6-2/h2,6H,1H2,(H-,7,8,9,10). The van der Waals surface area contributed by atoms with Crippen molar-refractivity contribution in [2.24, 2.45) is 0 Å². The molecule has 1 rings (SSSR count). The molecule has 0 aromatic heterocycles. The lowest BCUT2D eigenvalue weighted by molar-refractivity contribution is -0.301. The molecule has 0 saturated carbocycles. The van der Waals surface area contributed by atoms with Gasteiger partial charge in [-0.3, -0.25) is 5.32 Å². The summed E-state index contributed by atoms with van der Waals surface area (Å²) in [4.78, 5) is 20.6. The van der Waals surface area contributed by atoms with Crippen molar-refractivity contribution >= 4 is 23.7 Å². The molecule has 60 valence electrons. The Labute approximate surface area is 66.8 Å². The highest BCUT2D eigenvalue weighted by atomic mass is 32.2. The molecule has 6 heteroatoms. The van der Waals surface area contributed by atoms with Crippen molar-refractivity contribution in [3.8, 4) is 0 Å². The Morgan fingerprint density at radius 1 is 1.73 bits per heavy atom. The number of rotatable bonds is 2. The van der Waals surface area contributed by atoms with E-state index in [9.17, 15) is 14.7 Å². The molecule has 0 aromatic rings. The first-order valence-corrected chi connectivity index (χ1v) is 3.78. The summed E-state index contributed by atoms with van der Waals surface area (Å²) in [6.07, 6.45) is 0. The van der Waals surface area contributed by atoms with Gasteiger partial charge in [0.15, 0.2) is 0 Å². The lowest BCUT2D eigenvalue weighted by Gasteiger charge is -2.01. The number of aliphatic carboxylic acids is 2. The lowest BCUT2D eigenvalue weighted by atomic mass is 10.2. The van der Waals surface area contributed by atoms with Crippen LogP contribution in [-0.4, -0.2) is 29.0 Å². The van der Waals surface area contributed by atoms with Gasteiger partial charge in [-0.05, 0) is 0 Å². The van der Waals surface area contributed by atoms with Crippen LogP contribution in [0.5, 0.6) is 0 Å². The zero-order chi connectivity index (χ0) is 8.43. The van der Waals surface area contributed by atoms with Crippen molar-refractivity contribution in [2.75, 3.05) is 5.88 Å². The van der Waals surface area contributed by atoms with Gasteiger partial charge in [0, 0.05) is 0 Å². The van der Waals surface area contributed by atoms with Crippen molar-refractivity contribution in [2.45, 2.75) is 6.04 Å².